The van der Waals surface area contributed by atoms with Gasteiger partial charge in [0.05, 0.1) is 5.57 Å². The fourth-order valence-electron chi connectivity index (χ4n) is 0.457. The minimum atomic E-state index is -0.903. The van der Waals surface area contributed by atoms with Gasteiger partial charge in [0.15, 0.2) is 0 Å². The quantitative estimate of drug-likeness (QED) is 0.362. The number of carbonyl (C=O) groups excluding carboxylic acids is 1. The van der Waals surface area contributed by atoms with Crippen LogP contribution < -0.4 is 0 Å². The predicted octanol–water partition coefficient (Wildman–Crippen LogP) is 1.52. The van der Waals surface area contributed by atoms with Gasteiger partial charge in [0.2, 0.25) is 0 Å². The number of nitrogens with zero attached hydrogens (tertiary/aromatic N) is 1. The molecule has 0 aliphatic rings. The fraction of sp³-hybridized carbons (Fsp3) is 0.500. The van der Waals surface area contributed by atoms with E-state index in [9.17, 15) is 9.70 Å². The Labute approximate surface area is 58.5 Å². The number of allylic oxidation sites excluding steroid dienone is 1. The van der Waals surface area contributed by atoms with Crippen molar-refractivity contribution < 1.29 is 9.90 Å². The number of hydrogen-bond donors (Lipinski definition) is 1. The Morgan fingerprint density at radius 1 is 1.60 bits per heavy atom. The topological polar surface area (TPSA) is 66.7 Å². The Balaban J connectivity index is 4.45. The van der Waals surface area contributed by atoms with E-state index in [1.807, 2.05) is 0 Å². The summed E-state index contributed by atoms with van der Waals surface area (Å²) in [5.41, 5.74) is 0.0255. The van der Waals surface area contributed by atoms with Crippen molar-refractivity contribution in [3.05, 3.63) is 16.2 Å². The average molecular weight is 143 g/mol. The summed E-state index contributed by atoms with van der Waals surface area (Å²) in [6, 6.07) is 0. The van der Waals surface area contributed by atoms with E-state index in [1.54, 1.807) is 6.92 Å². The van der Waals surface area contributed by atoms with Gasteiger partial charge < -0.3 is 5.11 Å². The molecule has 10 heavy (non-hydrogen) atoms. The molecule has 0 atom stereocenters. The highest BCUT2D eigenvalue weighted by Crippen LogP contribution is 2.05. The molecular weight excluding hydrogens is 134 g/mol. The molecule has 0 saturated carbocycles. The first-order valence-corrected chi connectivity index (χ1v) is 2.89. The molecule has 0 spiro atoms. The molecule has 0 heterocycles. The minimum Gasteiger partial charge on any atom is -0.512 e. The fourth-order valence-corrected chi connectivity index (χ4v) is 0.457. The summed E-state index contributed by atoms with van der Waals surface area (Å²) < 4.78 is 0. The zero-order chi connectivity index (χ0) is 8.15. The van der Waals surface area contributed by atoms with Crippen LogP contribution in [-0.2, 0) is 4.79 Å². The lowest BCUT2D eigenvalue weighted by molar-refractivity contribution is -0.114. The highest BCUT2D eigenvalue weighted by molar-refractivity contribution is 5.93. The maximum atomic E-state index is 10.4. The molecule has 0 bridgehead atoms. The third kappa shape index (κ3) is 1.97. The zero-order valence-corrected chi connectivity index (χ0v) is 5.92. The van der Waals surface area contributed by atoms with E-state index >= 15 is 0 Å². The van der Waals surface area contributed by atoms with Crippen LogP contribution in [0.5, 0.6) is 0 Å². The van der Waals surface area contributed by atoms with Crippen LogP contribution in [0.2, 0.25) is 0 Å². The van der Waals surface area contributed by atoms with E-state index in [2.05, 4.69) is 5.18 Å². The molecule has 0 rings (SSSR count). The summed E-state index contributed by atoms with van der Waals surface area (Å²) >= 11 is 0. The van der Waals surface area contributed by atoms with Crippen molar-refractivity contribution in [3.63, 3.8) is 0 Å². The summed E-state index contributed by atoms with van der Waals surface area (Å²) in [6.07, 6.45) is 0.340. The smallest absolute Gasteiger partial charge is 0.315 e. The van der Waals surface area contributed by atoms with E-state index in [0.29, 0.717) is 6.42 Å². The molecule has 56 valence electrons. The summed E-state index contributed by atoms with van der Waals surface area (Å²) in [5.74, 6) is -0.982. The summed E-state index contributed by atoms with van der Waals surface area (Å²) in [5, 5.41) is 11.0. The Morgan fingerprint density at radius 2 is 2.10 bits per heavy atom. The molecule has 1 amide bonds. The lowest BCUT2D eigenvalue weighted by atomic mass is 10.2. The van der Waals surface area contributed by atoms with Gasteiger partial charge in [0, 0.05) is 11.6 Å². The van der Waals surface area contributed by atoms with Crippen molar-refractivity contribution in [2.45, 2.75) is 20.3 Å². The van der Waals surface area contributed by atoms with E-state index in [0.717, 1.165) is 0 Å². The van der Waals surface area contributed by atoms with Crippen LogP contribution in [0.15, 0.2) is 16.5 Å². The lowest BCUT2D eigenvalue weighted by Gasteiger charge is -1.95. The van der Waals surface area contributed by atoms with Gasteiger partial charge in [-0.15, -0.1) is 4.91 Å². The van der Waals surface area contributed by atoms with Crippen molar-refractivity contribution in [3.8, 4) is 0 Å². The third-order valence-corrected chi connectivity index (χ3v) is 1.17. The number of rotatable bonds is 2. The molecule has 0 fully saturated rings. The van der Waals surface area contributed by atoms with Crippen molar-refractivity contribution >= 4 is 5.91 Å². The van der Waals surface area contributed by atoms with Crippen LogP contribution in [-0.4, -0.2) is 11.0 Å². The number of aliphatic hydroxyl groups excluding tert-OH is 1. The monoisotopic (exact) mass is 143 g/mol. The van der Waals surface area contributed by atoms with E-state index in [-0.39, 0.29) is 11.3 Å². The van der Waals surface area contributed by atoms with Crippen molar-refractivity contribution in [2.75, 3.05) is 0 Å². The minimum absolute atomic E-state index is 0.0255. The van der Waals surface area contributed by atoms with E-state index in [4.69, 9.17) is 5.11 Å². The van der Waals surface area contributed by atoms with Crippen LogP contribution in [0.3, 0.4) is 0 Å². The number of carbonyl (C=O) groups is 1. The third-order valence-electron chi connectivity index (χ3n) is 1.17. The average Bonchev–Trinajstić information content (AvgIpc) is 2.00. The first-order chi connectivity index (χ1) is 4.63. The molecule has 0 unspecified atom stereocenters. The van der Waals surface area contributed by atoms with Gasteiger partial charge in [-0.2, -0.15) is 0 Å². The Kier molecular flexibility index (Phi) is 3.32. The maximum absolute atomic E-state index is 10.4. The van der Waals surface area contributed by atoms with Gasteiger partial charge in [0.1, 0.15) is 5.76 Å². The summed E-state index contributed by atoms with van der Waals surface area (Å²) in [4.78, 5) is 20.0. The summed E-state index contributed by atoms with van der Waals surface area (Å²) in [7, 11) is 0. The lowest BCUT2D eigenvalue weighted by Crippen LogP contribution is -1.97. The molecule has 0 aliphatic carbocycles. The Morgan fingerprint density at radius 3 is 2.40 bits per heavy atom. The number of nitroso groups, excluding NO2 is 1. The summed E-state index contributed by atoms with van der Waals surface area (Å²) in [6.45, 7) is 3.04. The molecule has 0 aromatic heterocycles. The number of amides is 1. The van der Waals surface area contributed by atoms with Crippen LogP contribution in [0.1, 0.15) is 20.3 Å². The van der Waals surface area contributed by atoms with E-state index < -0.39 is 5.91 Å². The highest BCUT2D eigenvalue weighted by atomic mass is 16.3. The van der Waals surface area contributed by atoms with Crippen LogP contribution in [0.25, 0.3) is 0 Å². The van der Waals surface area contributed by atoms with Crippen molar-refractivity contribution in [1.29, 1.82) is 0 Å². The molecule has 0 aromatic carbocycles. The van der Waals surface area contributed by atoms with Crippen molar-refractivity contribution in [1.82, 2.24) is 0 Å². The predicted molar refractivity (Wildman–Crippen MR) is 36.4 cm³/mol. The van der Waals surface area contributed by atoms with Gasteiger partial charge in [-0.05, 0) is 6.92 Å². The van der Waals surface area contributed by atoms with Crippen LogP contribution in [0, 0.1) is 4.91 Å². The van der Waals surface area contributed by atoms with Crippen LogP contribution >= 0.6 is 0 Å². The number of hydrogen-bond acceptors (Lipinski definition) is 3. The van der Waals surface area contributed by atoms with Crippen molar-refractivity contribution in [2.24, 2.45) is 5.18 Å². The first-order valence-electron chi connectivity index (χ1n) is 2.89. The molecule has 0 aromatic rings. The Hall–Kier alpha value is -1.19. The second-order valence-corrected chi connectivity index (χ2v) is 1.82. The van der Waals surface area contributed by atoms with E-state index in [1.165, 1.54) is 6.92 Å². The SMILES string of the molecule is CCC(O)=C(C)C(=O)N=O. The highest BCUT2D eigenvalue weighted by Gasteiger charge is 2.07. The normalized spacial score (nSPS) is 12.2. The first kappa shape index (κ1) is 8.81. The molecule has 0 saturated heterocycles. The van der Waals surface area contributed by atoms with Gasteiger partial charge in [0.25, 0.3) is 0 Å². The van der Waals surface area contributed by atoms with Gasteiger partial charge in [-0.3, -0.25) is 4.79 Å². The zero-order valence-electron chi connectivity index (χ0n) is 5.92. The Bertz CT molecular complexity index is 183. The molecule has 4 heteroatoms. The largest absolute Gasteiger partial charge is 0.512 e. The molecule has 0 radical (unpaired) electrons. The molecule has 4 nitrogen and oxygen atoms in total. The number of aliphatic hydroxyl groups is 1. The molecule has 0 aliphatic heterocycles. The molecular formula is C6H9NO3. The van der Waals surface area contributed by atoms with Gasteiger partial charge >= 0.3 is 5.91 Å². The van der Waals surface area contributed by atoms with Gasteiger partial charge in [-0.1, -0.05) is 6.92 Å². The standard InChI is InChI=1S/C6H9NO3/c1-3-5(8)4(2)6(9)7-10/h8H,3H2,1-2H3. The maximum Gasteiger partial charge on any atom is 0.315 e. The second-order valence-electron chi connectivity index (χ2n) is 1.82. The molecule has 1 N–H and O–H groups in total. The second kappa shape index (κ2) is 3.76. The van der Waals surface area contributed by atoms with Gasteiger partial charge in [-0.25, -0.2) is 0 Å². The van der Waals surface area contributed by atoms with Crippen LogP contribution in [0.4, 0.5) is 0 Å².